The summed E-state index contributed by atoms with van der Waals surface area (Å²) in [6.07, 6.45) is 22.1. The van der Waals surface area contributed by atoms with Crippen molar-refractivity contribution in [3.05, 3.63) is 0 Å². The molecule has 2 nitrogen and oxygen atoms in total. The van der Waals surface area contributed by atoms with E-state index in [0.717, 1.165) is 0 Å². The van der Waals surface area contributed by atoms with E-state index in [-0.39, 0.29) is 81.0 Å². The van der Waals surface area contributed by atoms with Gasteiger partial charge in [-0.25, -0.2) is 0 Å². The Labute approximate surface area is 298 Å². The molecule has 0 aliphatic rings. The normalized spacial score (nSPS) is 10.2. The third kappa shape index (κ3) is 34.5. The molecule has 0 spiro atoms. The average molecular weight is 677 g/mol. The van der Waals surface area contributed by atoms with Gasteiger partial charge in [-0.05, 0) is 51.4 Å². The lowest BCUT2D eigenvalue weighted by molar-refractivity contribution is -0.929. The van der Waals surface area contributed by atoms with Crippen LogP contribution in [0.5, 0.6) is 0 Å². The lowest BCUT2D eigenvalue weighted by Crippen LogP contribution is -2.50. The summed E-state index contributed by atoms with van der Waals surface area (Å²) in [5.74, 6) is 0. The molecule has 0 fully saturated rings. The van der Waals surface area contributed by atoms with Crippen LogP contribution in [-0.4, -0.2) is 61.3 Å². The van der Waals surface area contributed by atoms with E-state index in [2.05, 4.69) is 55.4 Å². The topological polar surface area (TPSA) is 0 Å². The molecule has 0 atom stereocenters. The number of hydrogen-bond donors (Lipinski definition) is 0. The van der Waals surface area contributed by atoms with Crippen LogP contribution >= 0.6 is 0 Å². The Morgan fingerprint density at radius 2 is 0.325 bits per heavy atom. The molecular formula is C32H72N2S6-10. The van der Waals surface area contributed by atoms with Crippen LogP contribution in [0, 0.1) is 0 Å². The van der Waals surface area contributed by atoms with Gasteiger partial charge in [0.1, 0.15) is 0 Å². The molecule has 8 heteroatoms. The first-order valence-electron chi connectivity index (χ1n) is 16.2. The second kappa shape index (κ2) is 45.4. The van der Waals surface area contributed by atoms with Crippen LogP contribution in [0.1, 0.15) is 158 Å². The van der Waals surface area contributed by atoms with Crippen LogP contribution in [-0.2, 0) is 81.0 Å². The molecule has 0 aliphatic heterocycles. The molecule has 0 heterocycles. The summed E-state index contributed by atoms with van der Waals surface area (Å²) in [4.78, 5) is 0. The minimum atomic E-state index is 0. The highest BCUT2D eigenvalue weighted by Crippen LogP contribution is 2.17. The van der Waals surface area contributed by atoms with Gasteiger partial charge in [0.25, 0.3) is 0 Å². The van der Waals surface area contributed by atoms with Gasteiger partial charge in [-0.3, -0.25) is 0 Å². The van der Waals surface area contributed by atoms with Gasteiger partial charge in [-0.15, -0.1) is 0 Å². The standard InChI is InChI=1S/2C16H36N.6S/c2*1-5-9-13-17(14-10-6-2,15-11-7-3)16-12-8-4;;;;;;/h2*5-16H2,1-4H3;;;;;;/q2*+1;6*-2. The van der Waals surface area contributed by atoms with Crippen molar-refractivity contribution in [3.63, 3.8) is 0 Å². The maximum Gasteiger partial charge on any atom is 0.0786 e. The number of quaternary nitrogens is 2. The Morgan fingerprint density at radius 1 is 0.225 bits per heavy atom. The lowest BCUT2D eigenvalue weighted by atomic mass is 10.1. The summed E-state index contributed by atoms with van der Waals surface area (Å²) in [5.41, 5.74) is 0. The maximum absolute atomic E-state index is 2.33. The van der Waals surface area contributed by atoms with Gasteiger partial charge in [0.15, 0.2) is 0 Å². The van der Waals surface area contributed by atoms with Crippen molar-refractivity contribution in [1.82, 2.24) is 0 Å². The van der Waals surface area contributed by atoms with Gasteiger partial charge in [0.05, 0.1) is 52.4 Å². The average Bonchev–Trinajstić information content (AvgIpc) is 2.87. The van der Waals surface area contributed by atoms with Crippen LogP contribution in [0.4, 0.5) is 0 Å². The van der Waals surface area contributed by atoms with Crippen molar-refractivity contribution in [1.29, 1.82) is 0 Å². The van der Waals surface area contributed by atoms with Crippen LogP contribution in [0.25, 0.3) is 0 Å². The molecule has 0 saturated heterocycles. The number of nitrogens with zero attached hydrogens (tertiary/aromatic N) is 2. The number of rotatable bonds is 24. The summed E-state index contributed by atoms with van der Waals surface area (Å²) in [6.45, 7) is 30.0. The first-order valence-corrected chi connectivity index (χ1v) is 16.2. The Balaban J connectivity index is -0.0000000742. The lowest BCUT2D eigenvalue weighted by Gasteiger charge is -2.39. The zero-order valence-corrected chi connectivity index (χ0v) is 33.2. The molecule has 0 N–H and O–H groups in total. The fourth-order valence-electron chi connectivity index (χ4n) is 5.29. The zero-order chi connectivity index (χ0) is 26.0. The molecule has 0 radical (unpaired) electrons. The SMILES string of the molecule is CCCC[N+](CCCC)(CCCC)CCCC.CCCC[N+](CCCC)(CCCC)CCCC.[S-2].[S-2].[S-2].[S-2].[S-2].[S-2]. The van der Waals surface area contributed by atoms with Crippen molar-refractivity contribution in [2.45, 2.75) is 158 Å². The molecule has 0 aromatic rings. The van der Waals surface area contributed by atoms with Crippen molar-refractivity contribution in [2.75, 3.05) is 52.4 Å². The van der Waals surface area contributed by atoms with E-state index in [1.54, 1.807) is 0 Å². The highest BCUT2D eigenvalue weighted by atomic mass is 32.1. The molecule has 0 unspecified atom stereocenters. The molecule has 0 saturated carbocycles. The second-order valence-corrected chi connectivity index (χ2v) is 11.3. The van der Waals surface area contributed by atoms with Crippen LogP contribution in [0.2, 0.25) is 0 Å². The van der Waals surface area contributed by atoms with Crippen molar-refractivity contribution in [2.24, 2.45) is 0 Å². The van der Waals surface area contributed by atoms with Crippen molar-refractivity contribution >= 4 is 81.0 Å². The molecule has 40 heavy (non-hydrogen) atoms. The van der Waals surface area contributed by atoms with Gasteiger partial charge in [0.2, 0.25) is 0 Å². The van der Waals surface area contributed by atoms with E-state index in [9.17, 15) is 0 Å². The quantitative estimate of drug-likeness (QED) is 0.0893. The molecule has 0 amide bonds. The summed E-state index contributed by atoms with van der Waals surface area (Å²) >= 11 is 0. The molecule has 0 aromatic heterocycles. The number of hydrogen-bond acceptors (Lipinski definition) is 0. The van der Waals surface area contributed by atoms with Gasteiger partial charge in [0, 0.05) is 0 Å². The molecule has 256 valence electrons. The summed E-state index contributed by atoms with van der Waals surface area (Å²) in [6, 6.07) is 0. The Hall–Kier alpha value is 2.02. The third-order valence-corrected chi connectivity index (χ3v) is 7.89. The molecular weight excluding hydrogens is 605 g/mol. The fourth-order valence-corrected chi connectivity index (χ4v) is 5.29. The van der Waals surface area contributed by atoms with Gasteiger partial charge >= 0.3 is 0 Å². The van der Waals surface area contributed by atoms with Crippen LogP contribution in [0.15, 0.2) is 0 Å². The monoisotopic (exact) mass is 676 g/mol. The summed E-state index contributed by atoms with van der Waals surface area (Å²) < 4.78 is 2.84. The first kappa shape index (κ1) is 61.1. The maximum atomic E-state index is 2.33. The van der Waals surface area contributed by atoms with Crippen LogP contribution in [0.3, 0.4) is 0 Å². The molecule has 0 bridgehead atoms. The Morgan fingerprint density at radius 3 is 0.400 bits per heavy atom. The van der Waals surface area contributed by atoms with E-state index < -0.39 is 0 Å². The highest BCUT2D eigenvalue weighted by molar-refractivity contribution is 7.37. The van der Waals surface area contributed by atoms with Crippen molar-refractivity contribution in [3.8, 4) is 0 Å². The summed E-state index contributed by atoms with van der Waals surface area (Å²) in [5, 5.41) is 0. The molecule has 0 rings (SSSR count). The van der Waals surface area contributed by atoms with E-state index in [1.807, 2.05) is 0 Å². The molecule has 0 aromatic carbocycles. The van der Waals surface area contributed by atoms with E-state index in [4.69, 9.17) is 0 Å². The largest absolute Gasteiger partial charge is 2.00 e. The predicted molar refractivity (Wildman–Crippen MR) is 203 cm³/mol. The van der Waals surface area contributed by atoms with E-state index >= 15 is 0 Å². The first-order chi connectivity index (χ1) is 16.5. The van der Waals surface area contributed by atoms with Gasteiger partial charge < -0.3 is 89.9 Å². The molecule has 0 aliphatic carbocycles. The van der Waals surface area contributed by atoms with Crippen molar-refractivity contribution < 1.29 is 8.97 Å². The fraction of sp³-hybridized carbons (Fsp3) is 1.00. The Kier molecular flexibility index (Phi) is 69.4. The van der Waals surface area contributed by atoms with E-state index in [1.165, 1.54) is 164 Å². The Bertz CT molecular complexity index is 293. The summed E-state index contributed by atoms with van der Waals surface area (Å²) in [7, 11) is 0. The number of unbranched alkanes of at least 4 members (excludes halogenated alkanes) is 8. The van der Waals surface area contributed by atoms with Gasteiger partial charge in [-0.1, -0.05) is 107 Å². The minimum Gasteiger partial charge on any atom is -2.00 e. The predicted octanol–water partition coefficient (Wildman–Crippen LogP) is 9.99. The zero-order valence-electron chi connectivity index (χ0n) is 28.3. The third-order valence-electron chi connectivity index (χ3n) is 7.89. The smallest absolute Gasteiger partial charge is 0.0786 e. The minimum absolute atomic E-state index is 0. The second-order valence-electron chi connectivity index (χ2n) is 11.3. The van der Waals surface area contributed by atoms with Gasteiger partial charge in [-0.2, -0.15) is 0 Å². The van der Waals surface area contributed by atoms with E-state index in [0.29, 0.717) is 0 Å². The highest BCUT2D eigenvalue weighted by Gasteiger charge is 2.25. The van der Waals surface area contributed by atoms with Crippen LogP contribution < -0.4 is 0 Å².